The quantitative estimate of drug-likeness (QED) is 0.791. The first kappa shape index (κ1) is 12.6. The lowest BCUT2D eigenvalue weighted by atomic mass is 10.1. The van der Waals surface area contributed by atoms with Crippen molar-refractivity contribution in [3.05, 3.63) is 53.9 Å². The number of imidazole rings is 1. The topological polar surface area (TPSA) is 60.0 Å². The summed E-state index contributed by atoms with van der Waals surface area (Å²) in [4.78, 5) is 12.0. The molecule has 5 nitrogen and oxygen atoms in total. The monoisotopic (exact) mass is 269 g/mol. The van der Waals surface area contributed by atoms with E-state index in [-0.39, 0.29) is 6.10 Å². The van der Waals surface area contributed by atoms with Gasteiger partial charge in [-0.15, -0.1) is 0 Å². The average molecular weight is 269 g/mol. The number of pyridine rings is 1. The van der Waals surface area contributed by atoms with Crippen LogP contribution in [0.3, 0.4) is 0 Å². The van der Waals surface area contributed by atoms with Crippen LogP contribution in [0.1, 0.15) is 17.5 Å². The molecular formula is C15H15N3O2. The highest BCUT2D eigenvalue weighted by atomic mass is 16.5. The van der Waals surface area contributed by atoms with E-state index in [1.807, 2.05) is 36.4 Å². The van der Waals surface area contributed by atoms with Crippen LogP contribution in [0.4, 0.5) is 0 Å². The number of hydrogen-bond acceptors (Lipinski definition) is 4. The van der Waals surface area contributed by atoms with E-state index in [1.54, 1.807) is 20.3 Å². The third-order valence-corrected chi connectivity index (χ3v) is 3.13. The molecule has 0 bridgehead atoms. The summed E-state index contributed by atoms with van der Waals surface area (Å²) in [7, 11) is 3.25. The van der Waals surface area contributed by atoms with Crippen molar-refractivity contribution in [1.82, 2.24) is 15.0 Å². The van der Waals surface area contributed by atoms with Gasteiger partial charge in [0.15, 0.2) is 5.65 Å². The Morgan fingerprint density at radius 3 is 2.50 bits per heavy atom. The summed E-state index contributed by atoms with van der Waals surface area (Å²) in [6, 6.07) is 13.6. The Balaban J connectivity index is 2.04. The zero-order valence-electron chi connectivity index (χ0n) is 11.3. The molecule has 2 heterocycles. The van der Waals surface area contributed by atoms with E-state index < -0.39 is 0 Å². The molecule has 20 heavy (non-hydrogen) atoms. The van der Waals surface area contributed by atoms with Gasteiger partial charge < -0.3 is 14.5 Å². The Kier molecular flexibility index (Phi) is 3.35. The molecule has 1 unspecified atom stereocenters. The van der Waals surface area contributed by atoms with Crippen LogP contribution in [0.5, 0.6) is 5.88 Å². The van der Waals surface area contributed by atoms with E-state index in [0.717, 1.165) is 16.9 Å². The summed E-state index contributed by atoms with van der Waals surface area (Å²) in [6.45, 7) is 0. The molecule has 3 aromatic rings. The number of methoxy groups -OCH3 is 2. The van der Waals surface area contributed by atoms with Crippen LogP contribution in [0, 0.1) is 0 Å². The normalized spacial score (nSPS) is 12.5. The van der Waals surface area contributed by atoms with E-state index in [4.69, 9.17) is 9.47 Å². The van der Waals surface area contributed by atoms with Gasteiger partial charge in [-0.3, -0.25) is 0 Å². The van der Waals surface area contributed by atoms with Crippen molar-refractivity contribution in [1.29, 1.82) is 0 Å². The molecule has 0 saturated carbocycles. The molecule has 3 rings (SSSR count). The van der Waals surface area contributed by atoms with Gasteiger partial charge >= 0.3 is 0 Å². The van der Waals surface area contributed by atoms with Crippen molar-refractivity contribution in [2.75, 3.05) is 14.2 Å². The second-order valence-corrected chi connectivity index (χ2v) is 4.37. The van der Waals surface area contributed by atoms with E-state index >= 15 is 0 Å². The molecule has 0 saturated heterocycles. The summed E-state index contributed by atoms with van der Waals surface area (Å²) in [5.74, 6) is 1.28. The first-order chi connectivity index (χ1) is 9.81. The summed E-state index contributed by atoms with van der Waals surface area (Å²) in [6.07, 6.45) is -0.239. The standard InChI is InChI=1S/C15H15N3O2/c1-19-12-9-8-11-14(17-12)18-15(16-11)13(20-2)10-6-4-3-5-7-10/h3-9,13H,1-2H3,(H,16,17,18). The van der Waals surface area contributed by atoms with Gasteiger partial charge in [-0.05, 0) is 11.6 Å². The first-order valence-electron chi connectivity index (χ1n) is 6.30. The number of hydrogen-bond donors (Lipinski definition) is 1. The Labute approximate surface area is 116 Å². The molecule has 1 N–H and O–H groups in total. The maximum Gasteiger partial charge on any atom is 0.215 e. The molecule has 0 spiro atoms. The highest BCUT2D eigenvalue weighted by molar-refractivity contribution is 5.71. The van der Waals surface area contributed by atoms with Gasteiger partial charge in [0.05, 0.1) is 12.6 Å². The third-order valence-electron chi connectivity index (χ3n) is 3.13. The number of nitrogens with one attached hydrogen (secondary N) is 1. The second-order valence-electron chi connectivity index (χ2n) is 4.37. The van der Waals surface area contributed by atoms with Crippen molar-refractivity contribution in [3.8, 4) is 5.88 Å². The van der Waals surface area contributed by atoms with Crippen LogP contribution in [0.2, 0.25) is 0 Å². The van der Waals surface area contributed by atoms with Gasteiger partial charge in [0.25, 0.3) is 0 Å². The van der Waals surface area contributed by atoms with Gasteiger partial charge in [0.1, 0.15) is 11.9 Å². The average Bonchev–Trinajstić information content (AvgIpc) is 2.91. The summed E-state index contributed by atoms with van der Waals surface area (Å²) in [5.41, 5.74) is 2.53. The van der Waals surface area contributed by atoms with E-state index in [0.29, 0.717) is 11.5 Å². The Morgan fingerprint density at radius 1 is 1.00 bits per heavy atom. The smallest absolute Gasteiger partial charge is 0.215 e. The first-order valence-corrected chi connectivity index (χ1v) is 6.30. The van der Waals surface area contributed by atoms with Gasteiger partial charge in [-0.1, -0.05) is 30.3 Å². The lowest BCUT2D eigenvalue weighted by molar-refractivity contribution is 0.130. The number of rotatable bonds is 4. The predicted molar refractivity (Wildman–Crippen MR) is 75.7 cm³/mol. The fourth-order valence-corrected chi connectivity index (χ4v) is 2.17. The van der Waals surface area contributed by atoms with Crippen LogP contribution >= 0.6 is 0 Å². The number of aromatic nitrogens is 3. The van der Waals surface area contributed by atoms with Crippen LogP contribution in [-0.2, 0) is 4.74 Å². The minimum atomic E-state index is -0.239. The highest BCUT2D eigenvalue weighted by Crippen LogP contribution is 2.25. The number of benzene rings is 1. The SMILES string of the molecule is COc1ccc2[nH]c(C(OC)c3ccccc3)nc2n1. The zero-order chi connectivity index (χ0) is 13.9. The second kappa shape index (κ2) is 5.30. The molecule has 0 fully saturated rings. The minimum absolute atomic E-state index is 0.239. The van der Waals surface area contributed by atoms with Gasteiger partial charge in [0, 0.05) is 13.2 Å². The van der Waals surface area contributed by atoms with Gasteiger partial charge in [-0.2, -0.15) is 4.98 Å². The lowest BCUT2D eigenvalue weighted by Crippen LogP contribution is -2.05. The predicted octanol–water partition coefficient (Wildman–Crippen LogP) is 2.70. The highest BCUT2D eigenvalue weighted by Gasteiger charge is 2.17. The van der Waals surface area contributed by atoms with Crippen LogP contribution in [0.25, 0.3) is 11.2 Å². The van der Waals surface area contributed by atoms with Crippen molar-refractivity contribution in [3.63, 3.8) is 0 Å². The number of H-pyrrole nitrogens is 1. The lowest BCUT2D eigenvalue weighted by Gasteiger charge is -2.12. The summed E-state index contributed by atoms with van der Waals surface area (Å²) in [5, 5.41) is 0. The Bertz CT molecular complexity index is 709. The largest absolute Gasteiger partial charge is 0.481 e. The number of fused-ring (bicyclic) bond motifs is 1. The van der Waals surface area contributed by atoms with E-state index in [2.05, 4.69) is 15.0 Å². The molecule has 102 valence electrons. The van der Waals surface area contributed by atoms with Crippen LogP contribution < -0.4 is 4.74 Å². The van der Waals surface area contributed by atoms with E-state index in [9.17, 15) is 0 Å². The summed E-state index contributed by atoms with van der Waals surface area (Å²) < 4.78 is 10.7. The maximum absolute atomic E-state index is 5.56. The number of aromatic amines is 1. The molecule has 2 aromatic heterocycles. The zero-order valence-corrected chi connectivity index (χ0v) is 11.3. The summed E-state index contributed by atoms with van der Waals surface area (Å²) >= 11 is 0. The molecule has 0 aliphatic heterocycles. The van der Waals surface area contributed by atoms with Gasteiger partial charge in [0.2, 0.25) is 5.88 Å². The number of ether oxygens (including phenoxy) is 2. The van der Waals surface area contributed by atoms with Crippen LogP contribution in [0.15, 0.2) is 42.5 Å². The molecule has 0 aliphatic carbocycles. The van der Waals surface area contributed by atoms with Crippen LogP contribution in [-0.4, -0.2) is 29.2 Å². The molecule has 0 radical (unpaired) electrons. The fraction of sp³-hybridized carbons (Fsp3) is 0.200. The van der Waals surface area contributed by atoms with Gasteiger partial charge in [-0.25, -0.2) is 4.98 Å². The number of nitrogens with zero attached hydrogens (tertiary/aromatic N) is 2. The van der Waals surface area contributed by atoms with Crippen molar-refractivity contribution in [2.45, 2.75) is 6.10 Å². The Morgan fingerprint density at radius 2 is 1.80 bits per heavy atom. The molecule has 1 aromatic carbocycles. The molecule has 5 heteroatoms. The van der Waals surface area contributed by atoms with Crippen molar-refractivity contribution >= 4 is 11.2 Å². The third kappa shape index (κ3) is 2.23. The fourth-order valence-electron chi connectivity index (χ4n) is 2.17. The minimum Gasteiger partial charge on any atom is -0.481 e. The van der Waals surface area contributed by atoms with E-state index in [1.165, 1.54) is 0 Å². The Hall–Kier alpha value is -2.40. The molecular weight excluding hydrogens is 254 g/mol. The van der Waals surface area contributed by atoms with Crippen molar-refractivity contribution in [2.24, 2.45) is 0 Å². The molecule has 0 aliphatic rings. The maximum atomic E-state index is 5.56. The molecule has 1 atom stereocenters. The van der Waals surface area contributed by atoms with Crippen molar-refractivity contribution < 1.29 is 9.47 Å². The molecule has 0 amide bonds.